The summed E-state index contributed by atoms with van der Waals surface area (Å²) in [5.41, 5.74) is 11.4. The van der Waals surface area contributed by atoms with Crippen molar-refractivity contribution in [2.75, 3.05) is 48.8 Å². The molecular formula is C26H32N4O2S. The molecule has 6 nitrogen and oxygen atoms in total. The first kappa shape index (κ1) is 22.2. The number of ether oxygens (including phenoxy) is 1. The number of nitrogens with one attached hydrogen (secondary N) is 1. The van der Waals surface area contributed by atoms with Crippen molar-refractivity contribution in [3.63, 3.8) is 0 Å². The lowest BCUT2D eigenvalue weighted by Gasteiger charge is -2.25. The molecule has 0 atom stereocenters. The van der Waals surface area contributed by atoms with Crippen molar-refractivity contribution >= 4 is 39.9 Å². The Kier molecular flexibility index (Phi) is 6.51. The van der Waals surface area contributed by atoms with Crippen LogP contribution in [0.25, 0.3) is 22.2 Å². The zero-order chi connectivity index (χ0) is 22.8. The summed E-state index contributed by atoms with van der Waals surface area (Å²) in [6.07, 6.45) is 2.00. The number of anilines is 2. The molecule has 0 radical (unpaired) electrons. The number of benzene rings is 2. The number of nitrogens with two attached hydrogens (primary N) is 1. The maximum atomic E-state index is 12.0. The van der Waals surface area contributed by atoms with E-state index in [0.717, 1.165) is 78.3 Å². The number of fused-ring (bicyclic) bond motifs is 1. The molecule has 7 heteroatoms. The predicted octanol–water partition coefficient (Wildman–Crippen LogP) is 4.69. The number of thioether (sulfide) groups is 1. The average Bonchev–Trinajstić information content (AvgIpc) is 3.65. The van der Waals surface area contributed by atoms with Crippen LogP contribution < -0.4 is 15.8 Å². The third-order valence-electron chi connectivity index (χ3n) is 6.55. The Hall–Kier alpha value is -2.64. The second-order valence-electron chi connectivity index (χ2n) is 8.83. The number of aromatic nitrogens is 1. The van der Waals surface area contributed by atoms with Crippen LogP contribution in [0.3, 0.4) is 0 Å². The topological polar surface area (TPSA) is 72.5 Å². The Balaban J connectivity index is 1.35. The van der Waals surface area contributed by atoms with Gasteiger partial charge in [0, 0.05) is 66.3 Å². The summed E-state index contributed by atoms with van der Waals surface area (Å²) in [5, 5.41) is 4.04. The summed E-state index contributed by atoms with van der Waals surface area (Å²) < 4.78 is 8.35. The number of carbonyl (C=O) groups is 1. The second-order valence-corrected chi connectivity index (χ2v) is 10.1. The summed E-state index contributed by atoms with van der Waals surface area (Å²) in [7, 11) is 0. The van der Waals surface area contributed by atoms with Crippen LogP contribution in [0.5, 0.6) is 5.75 Å². The molecule has 2 aliphatic rings. The van der Waals surface area contributed by atoms with E-state index >= 15 is 0 Å². The van der Waals surface area contributed by atoms with E-state index in [4.69, 9.17) is 10.5 Å². The van der Waals surface area contributed by atoms with Gasteiger partial charge in [0.25, 0.3) is 0 Å². The normalized spacial score (nSPS) is 16.8. The number of hydrogen-bond acceptors (Lipinski definition) is 5. The van der Waals surface area contributed by atoms with Crippen LogP contribution >= 0.6 is 11.8 Å². The van der Waals surface area contributed by atoms with E-state index in [2.05, 4.69) is 33.8 Å². The Morgan fingerprint density at radius 1 is 1.15 bits per heavy atom. The molecule has 33 heavy (non-hydrogen) atoms. The fraction of sp³-hybridized carbons (Fsp3) is 0.423. The molecular weight excluding hydrogens is 432 g/mol. The van der Waals surface area contributed by atoms with Crippen molar-refractivity contribution in [2.45, 2.75) is 26.3 Å². The van der Waals surface area contributed by atoms with Gasteiger partial charge >= 0.3 is 0 Å². The Bertz CT molecular complexity index is 1130. The minimum absolute atomic E-state index is 0.122. The van der Waals surface area contributed by atoms with Gasteiger partial charge in [0.05, 0.1) is 16.9 Å². The van der Waals surface area contributed by atoms with Crippen LogP contribution in [0.15, 0.2) is 42.5 Å². The van der Waals surface area contributed by atoms with Crippen LogP contribution in [0.1, 0.15) is 19.8 Å². The molecule has 5 rings (SSSR count). The third kappa shape index (κ3) is 4.84. The Morgan fingerprint density at radius 3 is 2.61 bits per heavy atom. The highest BCUT2D eigenvalue weighted by Gasteiger charge is 2.29. The quantitative estimate of drug-likeness (QED) is 0.506. The average molecular weight is 465 g/mol. The number of amides is 1. The number of nitrogens with zero attached hydrogens (tertiary/aromatic N) is 2. The third-order valence-corrected chi connectivity index (χ3v) is 7.49. The van der Waals surface area contributed by atoms with E-state index in [0.29, 0.717) is 6.61 Å². The highest BCUT2D eigenvalue weighted by Crippen LogP contribution is 2.38. The first-order valence-corrected chi connectivity index (χ1v) is 13.1. The van der Waals surface area contributed by atoms with E-state index in [1.165, 1.54) is 11.5 Å². The van der Waals surface area contributed by atoms with Gasteiger partial charge in [0.15, 0.2) is 0 Å². The molecule has 3 aromatic rings. The van der Waals surface area contributed by atoms with Gasteiger partial charge in [0.2, 0.25) is 5.91 Å². The van der Waals surface area contributed by atoms with E-state index in [1.54, 1.807) is 0 Å². The summed E-state index contributed by atoms with van der Waals surface area (Å²) in [6, 6.07) is 14.2. The highest BCUT2D eigenvalue weighted by atomic mass is 32.2. The van der Waals surface area contributed by atoms with Gasteiger partial charge in [0.1, 0.15) is 12.4 Å². The van der Waals surface area contributed by atoms with Crippen molar-refractivity contribution in [3.8, 4) is 17.0 Å². The molecule has 2 heterocycles. The molecule has 0 spiro atoms. The van der Waals surface area contributed by atoms with Crippen LogP contribution in [-0.2, 0) is 11.3 Å². The van der Waals surface area contributed by atoms with Crippen LogP contribution in [0, 0.1) is 5.92 Å². The fourth-order valence-electron chi connectivity index (χ4n) is 4.50. The lowest BCUT2D eigenvalue weighted by atomic mass is 10.1. The molecule has 0 bridgehead atoms. The first-order valence-electron chi connectivity index (χ1n) is 11.9. The van der Waals surface area contributed by atoms with Crippen molar-refractivity contribution in [3.05, 3.63) is 42.5 Å². The van der Waals surface area contributed by atoms with Crippen molar-refractivity contribution in [1.82, 2.24) is 9.47 Å². The molecule has 1 aliphatic heterocycles. The maximum absolute atomic E-state index is 12.0. The van der Waals surface area contributed by atoms with Crippen molar-refractivity contribution < 1.29 is 9.53 Å². The molecule has 1 aromatic heterocycles. The molecule has 1 amide bonds. The van der Waals surface area contributed by atoms with Gasteiger partial charge in [-0.05, 0) is 44.0 Å². The van der Waals surface area contributed by atoms with Crippen LogP contribution in [0.4, 0.5) is 11.4 Å². The van der Waals surface area contributed by atoms with Crippen molar-refractivity contribution in [1.29, 1.82) is 0 Å². The van der Waals surface area contributed by atoms with Gasteiger partial charge in [-0.15, -0.1) is 0 Å². The second kappa shape index (κ2) is 9.69. The molecule has 1 aliphatic carbocycles. The van der Waals surface area contributed by atoms with E-state index in [-0.39, 0.29) is 11.8 Å². The summed E-state index contributed by atoms with van der Waals surface area (Å²) in [6.45, 7) is 6.89. The van der Waals surface area contributed by atoms with Crippen molar-refractivity contribution in [2.24, 2.45) is 5.92 Å². The Morgan fingerprint density at radius 2 is 1.91 bits per heavy atom. The Labute approximate surface area is 199 Å². The molecule has 0 unspecified atom stereocenters. The largest absolute Gasteiger partial charge is 0.492 e. The number of aryl methyl sites for hydroxylation is 1. The van der Waals surface area contributed by atoms with Gasteiger partial charge in [-0.1, -0.05) is 12.1 Å². The summed E-state index contributed by atoms with van der Waals surface area (Å²) >= 11 is 2.03. The first-order chi connectivity index (χ1) is 16.1. The maximum Gasteiger partial charge on any atom is 0.227 e. The van der Waals surface area contributed by atoms with E-state index in [1.807, 2.05) is 42.1 Å². The minimum Gasteiger partial charge on any atom is -0.492 e. The SMILES string of the molecule is CCn1c(-c2ccc(NC(=O)C3CC3)cc2)c(N)c2ccc(OCCN3CCSCC3)cc21. The molecule has 1 saturated heterocycles. The minimum atomic E-state index is 0.122. The number of carbonyl (C=O) groups excluding carboxylic acids is 1. The summed E-state index contributed by atoms with van der Waals surface area (Å²) in [5.74, 6) is 3.62. The van der Waals surface area contributed by atoms with Gasteiger partial charge in [-0.3, -0.25) is 9.69 Å². The monoisotopic (exact) mass is 464 g/mol. The van der Waals surface area contributed by atoms with Gasteiger partial charge in [-0.2, -0.15) is 11.8 Å². The fourth-order valence-corrected chi connectivity index (χ4v) is 5.48. The molecule has 3 N–H and O–H groups in total. The highest BCUT2D eigenvalue weighted by molar-refractivity contribution is 7.99. The predicted molar refractivity (Wildman–Crippen MR) is 138 cm³/mol. The summed E-state index contributed by atoms with van der Waals surface area (Å²) in [4.78, 5) is 14.5. The van der Waals surface area contributed by atoms with E-state index < -0.39 is 0 Å². The molecule has 2 aromatic carbocycles. The number of nitrogen functional groups attached to an aromatic ring is 1. The van der Waals surface area contributed by atoms with Crippen LogP contribution in [0.2, 0.25) is 0 Å². The van der Waals surface area contributed by atoms with Gasteiger partial charge in [-0.25, -0.2) is 0 Å². The lowest BCUT2D eigenvalue weighted by molar-refractivity contribution is -0.117. The smallest absolute Gasteiger partial charge is 0.227 e. The number of rotatable bonds is 8. The number of hydrogen-bond donors (Lipinski definition) is 2. The zero-order valence-electron chi connectivity index (χ0n) is 19.2. The molecule has 1 saturated carbocycles. The zero-order valence-corrected chi connectivity index (χ0v) is 20.0. The standard InChI is InChI=1S/C26H32N4O2S/c1-2-30-23-17-21(32-14-11-29-12-15-33-16-13-29)9-10-22(23)24(27)25(30)18-5-7-20(8-6-18)28-26(31)19-3-4-19/h5-10,17,19H,2-4,11-16,27H2,1H3,(H,28,31). The van der Waals surface area contributed by atoms with Gasteiger partial charge < -0.3 is 20.4 Å². The van der Waals surface area contributed by atoms with Crippen LogP contribution in [-0.4, -0.2) is 53.1 Å². The molecule has 174 valence electrons. The van der Waals surface area contributed by atoms with E-state index in [9.17, 15) is 4.79 Å². The molecule has 2 fully saturated rings. The lowest BCUT2D eigenvalue weighted by Crippen LogP contribution is -2.35.